The Balaban J connectivity index is 2.84. The van der Waals surface area contributed by atoms with Gasteiger partial charge in [-0.05, 0) is 24.1 Å². The zero-order valence-corrected chi connectivity index (χ0v) is 9.08. The van der Waals surface area contributed by atoms with E-state index >= 15 is 0 Å². The largest absolute Gasteiger partial charge is 0.396 e. The van der Waals surface area contributed by atoms with E-state index in [1.165, 1.54) is 0 Å². The van der Waals surface area contributed by atoms with Crippen molar-refractivity contribution in [1.82, 2.24) is 0 Å². The van der Waals surface area contributed by atoms with Crippen LogP contribution in [0.15, 0.2) is 22.7 Å². The fourth-order valence-electron chi connectivity index (χ4n) is 1.16. The topological polar surface area (TPSA) is 40.5 Å². The highest BCUT2D eigenvalue weighted by Gasteiger charge is 2.07. The lowest BCUT2D eigenvalue weighted by Gasteiger charge is -2.10. The molecule has 0 saturated heterocycles. The van der Waals surface area contributed by atoms with Crippen LogP contribution in [0.2, 0.25) is 0 Å². The summed E-state index contributed by atoms with van der Waals surface area (Å²) in [4.78, 5) is 0. The number of halogens is 1. The maximum atomic E-state index is 9.56. The van der Waals surface area contributed by atoms with E-state index in [0.29, 0.717) is 6.42 Å². The van der Waals surface area contributed by atoms with Gasteiger partial charge in [0, 0.05) is 17.5 Å². The van der Waals surface area contributed by atoms with Crippen LogP contribution in [0.1, 0.15) is 23.7 Å². The summed E-state index contributed by atoms with van der Waals surface area (Å²) in [7, 11) is 0. The van der Waals surface area contributed by atoms with Crippen LogP contribution in [-0.4, -0.2) is 16.8 Å². The Labute approximate surface area is 86.3 Å². The molecule has 1 unspecified atom stereocenters. The molecule has 0 aliphatic rings. The lowest BCUT2D eigenvalue weighted by molar-refractivity contribution is 0.134. The molecule has 0 radical (unpaired) electrons. The monoisotopic (exact) mass is 244 g/mol. The predicted octanol–water partition coefficient (Wildman–Crippen LogP) is 2.17. The SMILES string of the molecule is Cc1cc(C(O)CCO)ccc1Br. The summed E-state index contributed by atoms with van der Waals surface area (Å²) in [6.07, 6.45) is -0.169. The molecule has 2 N–H and O–H groups in total. The number of aliphatic hydroxyl groups is 2. The second-order valence-electron chi connectivity index (χ2n) is 3.04. The molecule has 0 spiro atoms. The van der Waals surface area contributed by atoms with Crippen molar-refractivity contribution in [2.24, 2.45) is 0 Å². The molecule has 1 aromatic carbocycles. The first-order valence-corrected chi connectivity index (χ1v) is 4.99. The van der Waals surface area contributed by atoms with Crippen molar-refractivity contribution >= 4 is 15.9 Å². The van der Waals surface area contributed by atoms with Gasteiger partial charge in [0.2, 0.25) is 0 Å². The molecule has 0 fully saturated rings. The van der Waals surface area contributed by atoms with Gasteiger partial charge >= 0.3 is 0 Å². The molecule has 0 amide bonds. The van der Waals surface area contributed by atoms with Crippen LogP contribution in [-0.2, 0) is 0 Å². The van der Waals surface area contributed by atoms with E-state index in [0.717, 1.165) is 15.6 Å². The van der Waals surface area contributed by atoms with Crippen LogP contribution in [0.25, 0.3) is 0 Å². The van der Waals surface area contributed by atoms with Gasteiger partial charge in [0.1, 0.15) is 0 Å². The smallest absolute Gasteiger partial charge is 0.0812 e. The summed E-state index contributed by atoms with van der Waals surface area (Å²) in [6, 6.07) is 5.69. The summed E-state index contributed by atoms with van der Waals surface area (Å²) in [6.45, 7) is 1.98. The molecule has 0 bridgehead atoms. The van der Waals surface area contributed by atoms with Crippen LogP contribution in [0, 0.1) is 6.92 Å². The quantitative estimate of drug-likeness (QED) is 0.856. The summed E-state index contributed by atoms with van der Waals surface area (Å²) >= 11 is 3.39. The van der Waals surface area contributed by atoms with Gasteiger partial charge < -0.3 is 10.2 Å². The van der Waals surface area contributed by atoms with Gasteiger partial charge in [0.25, 0.3) is 0 Å². The number of hydrogen-bond acceptors (Lipinski definition) is 2. The molecule has 3 heteroatoms. The van der Waals surface area contributed by atoms with Gasteiger partial charge in [-0.25, -0.2) is 0 Å². The highest BCUT2D eigenvalue weighted by atomic mass is 79.9. The second kappa shape index (κ2) is 4.74. The Bertz CT molecular complexity index is 286. The highest BCUT2D eigenvalue weighted by molar-refractivity contribution is 9.10. The van der Waals surface area contributed by atoms with Crippen molar-refractivity contribution in [3.05, 3.63) is 33.8 Å². The van der Waals surface area contributed by atoms with E-state index in [4.69, 9.17) is 5.11 Å². The normalized spacial score (nSPS) is 12.9. The van der Waals surface area contributed by atoms with Crippen molar-refractivity contribution in [1.29, 1.82) is 0 Å². The average molecular weight is 245 g/mol. The predicted molar refractivity (Wildman–Crippen MR) is 55.5 cm³/mol. The van der Waals surface area contributed by atoms with E-state index in [2.05, 4.69) is 15.9 Å². The summed E-state index contributed by atoms with van der Waals surface area (Å²) < 4.78 is 1.03. The van der Waals surface area contributed by atoms with E-state index in [1.54, 1.807) is 0 Å². The fourth-order valence-corrected chi connectivity index (χ4v) is 1.41. The zero-order chi connectivity index (χ0) is 9.84. The molecule has 1 aromatic rings. The molecule has 0 aliphatic heterocycles. The lowest BCUT2D eigenvalue weighted by Crippen LogP contribution is -2.00. The number of benzene rings is 1. The Kier molecular flexibility index (Phi) is 3.90. The molecule has 72 valence electrons. The lowest BCUT2D eigenvalue weighted by atomic mass is 10.0. The molecule has 13 heavy (non-hydrogen) atoms. The van der Waals surface area contributed by atoms with Crippen LogP contribution >= 0.6 is 15.9 Å². The molecule has 1 atom stereocenters. The summed E-state index contributed by atoms with van der Waals surface area (Å²) in [5.41, 5.74) is 1.95. The minimum Gasteiger partial charge on any atom is -0.396 e. The van der Waals surface area contributed by atoms with E-state index in [-0.39, 0.29) is 6.61 Å². The number of hydrogen-bond donors (Lipinski definition) is 2. The fraction of sp³-hybridized carbons (Fsp3) is 0.400. The average Bonchev–Trinajstić information content (AvgIpc) is 2.10. The maximum absolute atomic E-state index is 9.56. The van der Waals surface area contributed by atoms with E-state index in [1.807, 2.05) is 25.1 Å². The van der Waals surface area contributed by atoms with Crippen LogP contribution in [0.3, 0.4) is 0 Å². The van der Waals surface area contributed by atoms with Crippen LogP contribution in [0.5, 0.6) is 0 Å². The second-order valence-corrected chi connectivity index (χ2v) is 3.89. The molecular weight excluding hydrogens is 232 g/mol. The Hall–Kier alpha value is -0.380. The molecule has 0 heterocycles. The highest BCUT2D eigenvalue weighted by Crippen LogP contribution is 2.22. The first-order valence-electron chi connectivity index (χ1n) is 4.20. The van der Waals surface area contributed by atoms with Crippen molar-refractivity contribution in [2.75, 3.05) is 6.61 Å². The maximum Gasteiger partial charge on any atom is 0.0812 e. The number of rotatable bonds is 3. The Morgan fingerprint density at radius 1 is 1.46 bits per heavy atom. The third-order valence-electron chi connectivity index (χ3n) is 1.97. The van der Waals surface area contributed by atoms with Gasteiger partial charge in [-0.3, -0.25) is 0 Å². The molecule has 1 rings (SSSR count). The molecule has 0 aliphatic carbocycles. The van der Waals surface area contributed by atoms with Crippen molar-refractivity contribution in [2.45, 2.75) is 19.4 Å². The van der Waals surface area contributed by atoms with Gasteiger partial charge in [0.15, 0.2) is 0 Å². The van der Waals surface area contributed by atoms with E-state index < -0.39 is 6.10 Å². The van der Waals surface area contributed by atoms with Gasteiger partial charge in [-0.15, -0.1) is 0 Å². The molecule has 0 saturated carbocycles. The Morgan fingerprint density at radius 3 is 2.69 bits per heavy atom. The van der Waals surface area contributed by atoms with Crippen molar-refractivity contribution in [3.8, 4) is 0 Å². The minimum absolute atomic E-state index is 0.0102. The van der Waals surface area contributed by atoms with Gasteiger partial charge in [-0.2, -0.15) is 0 Å². The standard InChI is InChI=1S/C10H13BrO2/c1-7-6-8(2-3-9(7)11)10(13)4-5-12/h2-3,6,10,12-13H,4-5H2,1H3. The Morgan fingerprint density at radius 2 is 2.15 bits per heavy atom. The first-order chi connectivity index (χ1) is 6.15. The summed E-state index contributed by atoms with van der Waals surface area (Å²) in [5, 5.41) is 18.2. The van der Waals surface area contributed by atoms with Crippen LogP contribution in [0.4, 0.5) is 0 Å². The third-order valence-corrected chi connectivity index (χ3v) is 2.86. The number of aryl methyl sites for hydroxylation is 1. The van der Waals surface area contributed by atoms with Crippen molar-refractivity contribution in [3.63, 3.8) is 0 Å². The van der Waals surface area contributed by atoms with Crippen molar-refractivity contribution < 1.29 is 10.2 Å². The molecule has 0 aromatic heterocycles. The summed E-state index contributed by atoms with van der Waals surface area (Å²) in [5.74, 6) is 0. The molecular formula is C10H13BrO2. The van der Waals surface area contributed by atoms with Gasteiger partial charge in [-0.1, -0.05) is 28.1 Å². The number of aliphatic hydroxyl groups excluding tert-OH is 2. The zero-order valence-electron chi connectivity index (χ0n) is 7.50. The van der Waals surface area contributed by atoms with Crippen LogP contribution < -0.4 is 0 Å². The minimum atomic E-state index is -0.559. The molecule has 2 nitrogen and oxygen atoms in total. The van der Waals surface area contributed by atoms with E-state index in [9.17, 15) is 5.11 Å². The first kappa shape index (κ1) is 10.7. The third kappa shape index (κ3) is 2.79. The van der Waals surface area contributed by atoms with Gasteiger partial charge in [0.05, 0.1) is 6.10 Å².